The van der Waals surface area contributed by atoms with Gasteiger partial charge in [0.2, 0.25) is 5.95 Å². The van der Waals surface area contributed by atoms with Gasteiger partial charge in [0.05, 0.1) is 24.6 Å². The molecule has 1 N–H and O–H groups in total. The molecule has 3 heterocycles. The first-order valence-corrected chi connectivity index (χ1v) is 8.96. The van der Waals surface area contributed by atoms with E-state index in [9.17, 15) is 4.79 Å². The van der Waals surface area contributed by atoms with Gasteiger partial charge in [-0.25, -0.2) is 14.8 Å². The highest BCUT2D eigenvalue weighted by Gasteiger charge is 2.18. The lowest BCUT2D eigenvalue weighted by molar-refractivity contribution is 0.0519. The Morgan fingerprint density at radius 3 is 2.68 bits per heavy atom. The van der Waals surface area contributed by atoms with E-state index in [0.717, 1.165) is 22.2 Å². The van der Waals surface area contributed by atoms with E-state index in [0.29, 0.717) is 17.3 Å². The van der Waals surface area contributed by atoms with Crippen molar-refractivity contribution in [3.63, 3.8) is 0 Å². The third-order valence-corrected chi connectivity index (χ3v) is 4.43. The Hall–Kier alpha value is -3.61. The van der Waals surface area contributed by atoms with Crippen molar-refractivity contribution in [1.82, 2.24) is 14.4 Å². The van der Waals surface area contributed by atoms with Crippen molar-refractivity contribution in [3.05, 3.63) is 59.9 Å². The molecular formula is C21H20N4O3. The number of hydrogen-bond donors (Lipinski definition) is 1. The predicted molar refractivity (Wildman–Crippen MR) is 107 cm³/mol. The molecule has 0 unspecified atom stereocenters. The molecule has 28 heavy (non-hydrogen) atoms. The molecule has 0 amide bonds. The van der Waals surface area contributed by atoms with Gasteiger partial charge in [-0.2, -0.15) is 0 Å². The average molecular weight is 376 g/mol. The molecule has 7 nitrogen and oxygen atoms in total. The minimum atomic E-state index is -0.470. The van der Waals surface area contributed by atoms with Gasteiger partial charge in [0.15, 0.2) is 11.3 Å². The molecule has 3 aromatic heterocycles. The molecule has 0 atom stereocenters. The summed E-state index contributed by atoms with van der Waals surface area (Å²) in [5, 5.41) is 4.12. The van der Waals surface area contributed by atoms with Gasteiger partial charge in [-0.15, -0.1) is 0 Å². The maximum absolute atomic E-state index is 12.3. The minimum absolute atomic E-state index is 0.228. The fraction of sp³-hybridized carbons (Fsp3) is 0.190. The zero-order chi connectivity index (χ0) is 19.7. The largest absolute Gasteiger partial charge is 0.496 e. The third-order valence-electron chi connectivity index (χ3n) is 4.43. The summed E-state index contributed by atoms with van der Waals surface area (Å²) in [4.78, 5) is 21.3. The fourth-order valence-corrected chi connectivity index (χ4v) is 3.10. The highest BCUT2D eigenvalue weighted by atomic mass is 16.5. The molecule has 0 aliphatic heterocycles. The number of carbonyl (C=O) groups is 1. The van der Waals surface area contributed by atoms with Crippen LogP contribution in [0.4, 0.5) is 11.6 Å². The molecule has 0 saturated carbocycles. The zero-order valence-corrected chi connectivity index (χ0v) is 15.9. The van der Waals surface area contributed by atoms with Crippen LogP contribution in [0.3, 0.4) is 0 Å². The van der Waals surface area contributed by atoms with Crippen molar-refractivity contribution in [3.8, 4) is 5.75 Å². The predicted octanol–water partition coefficient (Wildman–Crippen LogP) is 4.12. The number of carbonyl (C=O) groups excluding carboxylic acids is 1. The van der Waals surface area contributed by atoms with E-state index >= 15 is 0 Å². The van der Waals surface area contributed by atoms with Crippen molar-refractivity contribution in [2.75, 3.05) is 19.0 Å². The topological polar surface area (TPSA) is 77.8 Å². The Bertz CT molecular complexity index is 1170. The molecule has 4 rings (SSSR count). The Balaban J connectivity index is 1.95. The van der Waals surface area contributed by atoms with Crippen LogP contribution in [0.5, 0.6) is 5.75 Å². The highest BCUT2D eigenvalue weighted by molar-refractivity contribution is 5.94. The van der Waals surface area contributed by atoms with Crippen LogP contribution in [-0.2, 0) is 4.74 Å². The number of hydrogen-bond acceptors (Lipinski definition) is 6. The van der Waals surface area contributed by atoms with Gasteiger partial charge >= 0.3 is 5.97 Å². The lowest BCUT2D eigenvalue weighted by Crippen LogP contribution is -2.11. The molecule has 0 radical (unpaired) electrons. The molecule has 4 aromatic rings. The molecule has 7 heteroatoms. The quantitative estimate of drug-likeness (QED) is 0.528. The number of fused-ring (bicyclic) bond motifs is 3. The second kappa shape index (κ2) is 7.19. The van der Waals surface area contributed by atoms with Crippen LogP contribution >= 0.6 is 0 Å². The molecule has 0 aliphatic rings. The summed E-state index contributed by atoms with van der Waals surface area (Å²) in [7, 11) is 1.62. The summed E-state index contributed by atoms with van der Waals surface area (Å²) in [6.07, 6.45) is 1.68. The molecular weight excluding hydrogens is 356 g/mol. The summed E-state index contributed by atoms with van der Waals surface area (Å²) in [6.45, 7) is 4.07. The number of aromatic nitrogens is 3. The summed E-state index contributed by atoms with van der Waals surface area (Å²) in [5.41, 5.74) is 3.68. The molecule has 0 fully saturated rings. The number of ether oxygens (including phenoxy) is 2. The fourth-order valence-electron chi connectivity index (χ4n) is 3.10. The van der Waals surface area contributed by atoms with Crippen LogP contribution in [-0.4, -0.2) is 34.1 Å². The molecule has 0 spiro atoms. The van der Waals surface area contributed by atoms with E-state index in [1.165, 1.54) is 0 Å². The standard InChI is InChI=1S/C21H20N4O3/c1-4-28-20(26)17-12-15-11-16-18(27-3)9-10-22-19(16)25(15)21(24-17)23-14-7-5-13(2)6-8-14/h5-12H,4H2,1-3H3,(H,23,24). The summed E-state index contributed by atoms with van der Waals surface area (Å²) < 4.78 is 12.5. The van der Waals surface area contributed by atoms with Crippen LogP contribution in [0.1, 0.15) is 23.0 Å². The van der Waals surface area contributed by atoms with Gasteiger partial charge in [-0.3, -0.25) is 4.40 Å². The summed E-state index contributed by atoms with van der Waals surface area (Å²) in [5.74, 6) is 0.704. The second-order valence-electron chi connectivity index (χ2n) is 6.33. The number of rotatable bonds is 5. The monoisotopic (exact) mass is 376 g/mol. The van der Waals surface area contributed by atoms with Gasteiger partial charge in [0.25, 0.3) is 0 Å². The van der Waals surface area contributed by atoms with E-state index in [-0.39, 0.29) is 12.3 Å². The minimum Gasteiger partial charge on any atom is -0.496 e. The molecule has 1 aromatic carbocycles. The van der Waals surface area contributed by atoms with Crippen LogP contribution < -0.4 is 10.1 Å². The molecule has 142 valence electrons. The van der Waals surface area contributed by atoms with E-state index < -0.39 is 5.97 Å². The number of benzene rings is 1. The lowest BCUT2D eigenvalue weighted by Gasteiger charge is -2.11. The summed E-state index contributed by atoms with van der Waals surface area (Å²) >= 11 is 0. The van der Waals surface area contributed by atoms with Crippen LogP contribution in [0, 0.1) is 6.92 Å². The van der Waals surface area contributed by atoms with Crippen molar-refractivity contribution in [1.29, 1.82) is 0 Å². The average Bonchev–Trinajstić information content (AvgIpc) is 3.08. The van der Waals surface area contributed by atoms with E-state index in [1.54, 1.807) is 32.4 Å². The van der Waals surface area contributed by atoms with Gasteiger partial charge in [-0.1, -0.05) is 17.7 Å². The van der Waals surface area contributed by atoms with Crippen LogP contribution in [0.25, 0.3) is 16.6 Å². The van der Waals surface area contributed by atoms with E-state index in [2.05, 4.69) is 15.3 Å². The van der Waals surface area contributed by atoms with Crippen molar-refractivity contribution in [2.45, 2.75) is 13.8 Å². The maximum atomic E-state index is 12.3. The van der Waals surface area contributed by atoms with Crippen LogP contribution in [0.2, 0.25) is 0 Å². The van der Waals surface area contributed by atoms with E-state index in [4.69, 9.17) is 9.47 Å². The SMILES string of the molecule is CCOC(=O)c1cc2cc3c(OC)ccnc3n2c(Nc2ccc(C)cc2)n1. The first kappa shape index (κ1) is 17.8. The highest BCUT2D eigenvalue weighted by Crippen LogP contribution is 2.30. The van der Waals surface area contributed by atoms with Crippen LogP contribution in [0.15, 0.2) is 48.7 Å². The van der Waals surface area contributed by atoms with E-state index in [1.807, 2.05) is 41.7 Å². The molecule has 0 saturated heterocycles. The van der Waals surface area contributed by atoms with Gasteiger partial charge in [0.1, 0.15) is 5.75 Å². The molecule has 0 aliphatic carbocycles. The molecule has 0 bridgehead atoms. The number of nitrogens with zero attached hydrogens (tertiary/aromatic N) is 3. The van der Waals surface area contributed by atoms with Gasteiger partial charge in [-0.05, 0) is 44.2 Å². The third kappa shape index (κ3) is 3.11. The normalized spacial score (nSPS) is 11.0. The Labute approximate surface area is 161 Å². The Kier molecular flexibility index (Phi) is 4.57. The number of esters is 1. The smallest absolute Gasteiger partial charge is 0.357 e. The first-order valence-electron chi connectivity index (χ1n) is 8.96. The number of methoxy groups -OCH3 is 1. The lowest BCUT2D eigenvalue weighted by atomic mass is 10.2. The summed E-state index contributed by atoms with van der Waals surface area (Å²) in [6, 6.07) is 13.3. The van der Waals surface area contributed by atoms with Crippen molar-refractivity contribution in [2.24, 2.45) is 0 Å². The number of aryl methyl sites for hydroxylation is 1. The van der Waals surface area contributed by atoms with Crippen molar-refractivity contribution >= 4 is 34.2 Å². The maximum Gasteiger partial charge on any atom is 0.357 e. The Morgan fingerprint density at radius 2 is 1.96 bits per heavy atom. The zero-order valence-electron chi connectivity index (χ0n) is 15.9. The van der Waals surface area contributed by atoms with Crippen molar-refractivity contribution < 1.29 is 14.3 Å². The van der Waals surface area contributed by atoms with Gasteiger partial charge in [0, 0.05) is 11.9 Å². The van der Waals surface area contributed by atoms with Gasteiger partial charge < -0.3 is 14.8 Å². The Morgan fingerprint density at radius 1 is 1.18 bits per heavy atom. The number of pyridine rings is 1. The second-order valence-corrected chi connectivity index (χ2v) is 6.33. The first-order chi connectivity index (χ1) is 13.6. The number of anilines is 2. The number of nitrogens with one attached hydrogen (secondary N) is 1.